The van der Waals surface area contributed by atoms with Gasteiger partial charge >= 0.3 is 0 Å². The predicted octanol–water partition coefficient (Wildman–Crippen LogP) is 1.91. The third kappa shape index (κ3) is 3.43. The maximum atomic E-state index is 10.8. The van der Waals surface area contributed by atoms with Gasteiger partial charge in [-0.15, -0.1) is 0 Å². The van der Waals surface area contributed by atoms with Crippen LogP contribution in [0.1, 0.15) is 18.9 Å². The van der Waals surface area contributed by atoms with Gasteiger partial charge in [0.25, 0.3) is 5.69 Å². The van der Waals surface area contributed by atoms with Crippen LogP contribution in [0.2, 0.25) is 0 Å². The first-order valence-corrected chi connectivity index (χ1v) is 5.71. The number of anilines is 1. The van der Waals surface area contributed by atoms with Crippen molar-refractivity contribution in [3.8, 4) is 6.07 Å². The molecule has 0 aliphatic carbocycles. The number of nitro groups is 1. The van der Waals surface area contributed by atoms with Crippen LogP contribution < -0.4 is 5.73 Å². The zero-order valence-corrected chi connectivity index (χ0v) is 10.3. The average Bonchev–Trinajstić information content (AvgIpc) is 2.36. The average molecular weight is 248 g/mol. The maximum absolute atomic E-state index is 10.8. The molecule has 0 aliphatic heterocycles. The summed E-state index contributed by atoms with van der Waals surface area (Å²) in [5, 5.41) is 19.3. The fraction of sp³-hybridized carbons (Fsp3) is 0.417. The molecule has 1 rings (SSSR count). The van der Waals surface area contributed by atoms with E-state index in [1.807, 2.05) is 11.8 Å². The van der Waals surface area contributed by atoms with Gasteiger partial charge in [0, 0.05) is 25.6 Å². The Labute approximate surface area is 106 Å². The molecule has 0 amide bonds. The Bertz CT molecular complexity index is 468. The van der Waals surface area contributed by atoms with Gasteiger partial charge in [-0.1, -0.05) is 19.1 Å². The molecule has 0 aromatic heterocycles. The molecule has 0 saturated heterocycles. The lowest BCUT2D eigenvalue weighted by molar-refractivity contribution is -0.384. The van der Waals surface area contributed by atoms with Crippen LogP contribution in [0.15, 0.2) is 18.2 Å². The van der Waals surface area contributed by atoms with Crippen molar-refractivity contribution in [2.24, 2.45) is 0 Å². The first-order valence-electron chi connectivity index (χ1n) is 5.71. The van der Waals surface area contributed by atoms with Gasteiger partial charge in [-0.25, -0.2) is 0 Å². The van der Waals surface area contributed by atoms with Crippen LogP contribution in [0.5, 0.6) is 0 Å². The molecule has 96 valence electrons. The fourth-order valence-electron chi connectivity index (χ4n) is 1.69. The first kappa shape index (κ1) is 13.9. The van der Waals surface area contributed by atoms with E-state index in [9.17, 15) is 10.1 Å². The molecule has 0 bridgehead atoms. The summed E-state index contributed by atoms with van der Waals surface area (Å²) in [7, 11) is 0. The van der Waals surface area contributed by atoms with Gasteiger partial charge < -0.3 is 5.73 Å². The monoisotopic (exact) mass is 248 g/mol. The molecule has 0 heterocycles. The number of para-hydroxylation sites is 1. The highest BCUT2D eigenvalue weighted by molar-refractivity contribution is 5.62. The van der Waals surface area contributed by atoms with Crippen LogP contribution in [0.4, 0.5) is 11.4 Å². The van der Waals surface area contributed by atoms with Gasteiger partial charge in [0.15, 0.2) is 0 Å². The van der Waals surface area contributed by atoms with Gasteiger partial charge in [-0.2, -0.15) is 5.26 Å². The lowest BCUT2D eigenvalue weighted by Crippen LogP contribution is -2.24. The molecule has 18 heavy (non-hydrogen) atoms. The molecular formula is C12H16N4O2. The van der Waals surface area contributed by atoms with Crippen molar-refractivity contribution < 1.29 is 4.92 Å². The van der Waals surface area contributed by atoms with Crippen LogP contribution in [0.3, 0.4) is 0 Å². The van der Waals surface area contributed by atoms with E-state index in [2.05, 4.69) is 6.07 Å². The van der Waals surface area contributed by atoms with Crippen LogP contribution in [-0.4, -0.2) is 22.9 Å². The number of benzene rings is 1. The third-order valence-corrected chi connectivity index (χ3v) is 2.75. The van der Waals surface area contributed by atoms with Crippen molar-refractivity contribution in [1.82, 2.24) is 4.90 Å². The lowest BCUT2D eigenvalue weighted by Gasteiger charge is -2.19. The van der Waals surface area contributed by atoms with E-state index in [-0.39, 0.29) is 11.4 Å². The maximum Gasteiger partial charge on any atom is 0.292 e. The molecule has 0 unspecified atom stereocenters. The smallest absolute Gasteiger partial charge is 0.292 e. The van der Waals surface area contributed by atoms with Crippen molar-refractivity contribution in [3.63, 3.8) is 0 Å². The normalized spacial score (nSPS) is 10.3. The number of nitrogens with two attached hydrogens (primary N) is 1. The molecule has 6 heteroatoms. The largest absolute Gasteiger partial charge is 0.393 e. The van der Waals surface area contributed by atoms with Crippen molar-refractivity contribution >= 4 is 11.4 Å². The van der Waals surface area contributed by atoms with E-state index < -0.39 is 4.92 Å². The standard InChI is InChI=1S/C12H16N4O2/c1-2-15(8-4-7-13)9-10-5-3-6-11(12(10)14)16(17)18/h3,5-6H,2,4,8-9,14H2,1H3. The molecule has 2 N–H and O–H groups in total. The highest BCUT2D eigenvalue weighted by atomic mass is 16.6. The van der Waals surface area contributed by atoms with Crippen LogP contribution in [-0.2, 0) is 6.54 Å². The predicted molar refractivity (Wildman–Crippen MR) is 68.7 cm³/mol. The second-order valence-electron chi connectivity index (χ2n) is 3.88. The Morgan fingerprint density at radius 2 is 2.28 bits per heavy atom. The number of nitrogens with zero attached hydrogens (tertiary/aromatic N) is 3. The van der Waals surface area contributed by atoms with E-state index in [1.54, 1.807) is 12.1 Å². The third-order valence-electron chi connectivity index (χ3n) is 2.75. The Morgan fingerprint density at radius 1 is 1.56 bits per heavy atom. The van der Waals surface area contributed by atoms with E-state index >= 15 is 0 Å². The second kappa shape index (κ2) is 6.57. The van der Waals surface area contributed by atoms with Crippen molar-refractivity contribution in [2.45, 2.75) is 19.9 Å². The molecule has 0 aliphatic rings. The van der Waals surface area contributed by atoms with Crippen molar-refractivity contribution in [3.05, 3.63) is 33.9 Å². The minimum absolute atomic E-state index is 0.0659. The molecule has 1 aromatic carbocycles. The van der Waals surface area contributed by atoms with Crippen LogP contribution >= 0.6 is 0 Å². The SMILES string of the molecule is CCN(CCC#N)Cc1cccc([N+](=O)[O-])c1N. The summed E-state index contributed by atoms with van der Waals surface area (Å²) >= 11 is 0. The van der Waals surface area contributed by atoms with Gasteiger partial charge in [0.05, 0.1) is 11.0 Å². The number of nitriles is 1. The van der Waals surface area contributed by atoms with E-state index in [4.69, 9.17) is 11.0 Å². The second-order valence-corrected chi connectivity index (χ2v) is 3.88. The van der Waals surface area contributed by atoms with Gasteiger partial charge in [-0.05, 0) is 12.1 Å². The molecule has 0 spiro atoms. The summed E-state index contributed by atoms with van der Waals surface area (Å²) in [6, 6.07) is 6.88. The van der Waals surface area contributed by atoms with E-state index in [1.165, 1.54) is 6.07 Å². The number of nitro benzene ring substituents is 1. The summed E-state index contributed by atoms with van der Waals surface area (Å²) in [5.74, 6) is 0. The van der Waals surface area contributed by atoms with Crippen molar-refractivity contribution in [1.29, 1.82) is 5.26 Å². The molecule has 0 fully saturated rings. The summed E-state index contributed by atoms with van der Waals surface area (Å²) in [6.45, 7) is 3.90. The Morgan fingerprint density at radius 3 is 2.83 bits per heavy atom. The summed E-state index contributed by atoms with van der Waals surface area (Å²) in [4.78, 5) is 12.3. The van der Waals surface area contributed by atoms with Crippen molar-refractivity contribution in [2.75, 3.05) is 18.8 Å². The summed E-state index contributed by atoms with van der Waals surface area (Å²) in [5.41, 5.74) is 6.65. The van der Waals surface area contributed by atoms with Gasteiger partial charge in [0.2, 0.25) is 0 Å². The topological polar surface area (TPSA) is 96.2 Å². The highest BCUT2D eigenvalue weighted by Gasteiger charge is 2.15. The zero-order valence-electron chi connectivity index (χ0n) is 10.3. The fourth-order valence-corrected chi connectivity index (χ4v) is 1.69. The number of hydrogen-bond donors (Lipinski definition) is 1. The van der Waals surface area contributed by atoms with Crippen LogP contribution in [0.25, 0.3) is 0 Å². The highest BCUT2D eigenvalue weighted by Crippen LogP contribution is 2.25. The molecular weight excluding hydrogens is 232 g/mol. The quantitative estimate of drug-likeness (QED) is 0.471. The number of rotatable bonds is 6. The van der Waals surface area contributed by atoms with E-state index in [0.29, 0.717) is 19.5 Å². The Hall–Kier alpha value is -2.13. The molecule has 0 radical (unpaired) electrons. The molecule has 0 saturated carbocycles. The lowest BCUT2D eigenvalue weighted by atomic mass is 10.1. The van der Waals surface area contributed by atoms with Crippen LogP contribution in [0, 0.1) is 21.4 Å². The minimum atomic E-state index is -0.482. The van der Waals surface area contributed by atoms with Gasteiger partial charge in [-0.3, -0.25) is 15.0 Å². The number of nitrogen functional groups attached to an aromatic ring is 1. The van der Waals surface area contributed by atoms with Gasteiger partial charge in [0.1, 0.15) is 5.69 Å². The Balaban J connectivity index is 2.87. The summed E-state index contributed by atoms with van der Waals surface area (Å²) in [6.07, 6.45) is 0.433. The molecule has 1 aromatic rings. The Kier molecular flexibility index (Phi) is 5.08. The number of hydrogen-bond acceptors (Lipinski definition) is 5. The molecule has 0 atom stereocenters. The minimum Gasteiger partial charge on any atom is -0.393 e. The van der Waals surface area contributed by atoms with E-state index in [0.717, 1.165) is 12.1 Å². The summed E-state index contributed by atoms with van der Waals surface area (Å²) < 4.78 is 0. The zero-order chi connectivity index (χ0) is 13.5. The first-order chi connectivity index (χ1) is 8.60. The molecule has 6 nitrogen and oxygen atoms in total.